The van der Waals surface area contributed by atoms with Crippen LogP contribution in [0.3, 0.4) is 0 Å². The Bertz CT molecular complexity index is 1030. The van der Waals surface area contributed by atoms with Crippen LogP contribution in [0.5, 0.6) is 5.75 Å². The molecular formula is C25H29N3O3. The van der Waals surface area contributed by atoms with E-state index in [1.807, 2.05) is 30.3 Å². The monoisotopic (exact) mass is 419 g/mol. The molecule has 162 valence electrons. The number of fused-ring (bicyclic) bond motifs is 1. The molecule has 0 saturated carbocycles. The summed E-state index contributed by atoms with van der Waals surface area (Å²) < 4.78 is 10.7. The molecule has 1 saturated heterocycles. The third kappa shape index (κ3) is 5.75. The average molecular weight is 420 g/mol. The Morgan fingerprint density at radius 2 is 1.65 bits per heavy atom. The van der Waals surface area contributed by atoms with Crippen molar-refractivity contribution < 1.29 is 14.3 Å². The lowest BCUT2D eigenvalue weighted by molar-refractivity contribution is 0.0341. The highest BCUT2D eigenvalue weighted by molar-refractivity contribution is 5.84. The van der Waals surface area contributed by atoms with E-state index in [-0.39, 0.29) is 6.03 Å². The van der Waals surface area contributed by atoms with E-state index in [1.54, 1.807) is 7.11 Å². The fourth-order valence-corrected chi connectivity index (χ4v) is 3.81. The maximum absolute atomic E-state index is 12.4. The molecule has 2 amide bonds. The molecule has 0 bridgehead atoms. The first-order chi connectivity index (χ1) is 15.2. The van der Waals surface area contributed by atoms with Crippen molar-refractivity contribution in [3.63, 3.8) is 0 Å². The number of methoxy groups -OCH3 is 1. The second-order valence-corrected chi connectivity index (χ2v) is 7.74. The molecule has 0 aliphatic carbocycles. The van der Waals surface area contributed by atoms with E-state index in [0.717, 1.165) is 60.5 Å². The van der Waals surface area contributed by atoms with Crippen LogP contribution in [0.15, 0.2) is 60.7 Å². The van der Waals surface area contributed by atoms with Gasteiger partial charge in [0, 0.05) is 32.7 Å². The van der Waals surface area contributed by atoms with E-state index in [4.69, 9.17) is 9.47 Å². The number of rotatable bonds is 7. The molecule has 6 heteroatoms. The van der Waals surface area contributed by atoms with Gasteiger partial charge in [0.15, 0.2) is 0 Å². The second kappa shape index (κ2) is 10.3. The fourth-order valence-electron chi connectivity index (χ4n) is 3.81. The molecule has 0 spiro atoms. The predicted octanol–water partition coefficient (Wildman–Crippen LogP) is 3.68. The first-order valence-corrected chi connectivity index (χ1v) is 10.7. The largest absolute Gasteiger partial charge is 0.497 e. The van der Waals surface area contributed by atoms with Gasteiger partial charge in [-0.05, 0) is 45.7 Å². The molecule has 4 rings (SSSR count). The zero-order valence-corrected chi connectivity index (χ0v) is 17.9. The van der Waals surface area contributed by atoms with Crippen molar-refractivity contribution in [2.75, 3.05) is 33.4 Å². The van der Waals surface area contributed by atoms with Crippen molar-refractivity contribution in [2.24, 2.45) is 0 Å². The molecule has 0 aromatic heterocycles. The number of benzene rings is 3. The van der Waals surface area contributed by atoms with Gasteiger partial charge in [0.2, 0.25) is 0 Å². The Morgan fingerprint density at radius 3 is 2.45 bits per heavy atom. The third-order valence-corrected chi connectivity index (χ3v) is 5.62. The van der Waals surface area contributed by atoms with Gasteiger partial charge in [-0.1, -0.05) is 42.5 Å². The van der Waals surface area contributed by atoms with Gasteiger partial charge in [-0.2, -0.15) is 0 Å². The van der Waals surface area contributed by atoms with E-state index in [1.165, 1.54) is 5.56 Å². The van der Waals surface area contributed by atoms with Crippen LogP contribution in [-0.4, -0.2) is 44.3 Å². The minimum Gasteiger partial charge on any atom is -0.497 e. The Labute approximate surface area is 183 Å². The van der Waals surface area contributed by atoms with E-state index >= 15 is 0 Å². The third-order valence-electron chi connectivity index (χ3n) is 5.62. The van der Waals surface area contributed by atoms with E-state index in [2.05, 4.69) is 45.9 Å². The van der Waals surface area contributed by atoms with Gasteiger partial charge in [-0.3, -0.25) is 4.90 Å². The number of carbonyl (C=O) groups excluding carboxylic acids is 1. The van der Waals surface area contributed by atoms with Crippen LogP contribution in [0.1, 0.15) is 16.7 Å². The number of nitrogens with one attached hydrogen (secondary N) is 2. The lowest BCUT2D eigenvalue weighted by Crippen LogP contribution is -2.37. The number of morpholine rings is 1. The van der Waals surface area contributed by atoms with Crippen LogP contribution < -0.4 is 15.4 Å². The number of carbonyl (C=O) groups is 1. The number of amides is 2. The highest BCUT2D eigenvalue weighted by atomic mass is 16.5. The molecule has 31 heavy (non-hydrogen) atoms. The number of ether oxygens (including phenoxy) is 2. The quantitative estimate of drug-likeness (QED) is 0.613. The summed E-state index contributed by atoms with van der Waals surface area (Å²) in [6, 6.07) is 20.3. The van der Waals surface area contributed by atoms with Gasteiger partial charge in [0.1, 0.15) is 5.75 Å². The number of hydrogen-bond donors (Lipinski definition) is 2. The molecule has 0 atom stereocenters. The summed E-state index contributed by atoms with van der Waals surface area (Å²) in [5.41, 5.74) is 3.44. The van der Waals surface area contributed by atoms with Crippen LogP contribution in [-0.2, 0) is 24.4 Å². The zero-order valence-electron chi connectivity index (χ0n) is 17.9. The van der Waals surface area contributed by atoms with Crippen LogP contribution in [0, 0.1) is 0 Å². The predicted molar refractivity (Wildman–Crippen MR) is 122 cm³/mol. The fraction of sp³-hybridized carbons (Fsp3) is 0.320. The molecular weight excluding hydrogens is 390 g/mol. The maximum atomic E-state index is 12.4. The summed E-state index contributed by atoms with van der Waals surface area (Å²) in [7, 11) is 1.67. The molecule has 6 nitrogen and oxygen atoms in total. The summed E-state index contributed by atoms with van der Waals surface area (Å²) in [6.07, 6.45) is 0. The van der Waals surface area contributed by atoms with Gasteiger partial charge >= 0.3 is 6.03 Å². The summed E-state index contributed by atoms with van der Waals surface area (Å²) in [5, 5.41) is 8.18. The van der Waals surface area contributed by atoms with Gasteiger partial charge in [-0.25, -0.2) is 4.79 Å². The van der Waals surface area contributed by atoms with E-state index < -0.39 is 0 Å². The normalized spacial score (nSPS) is 14.4. The van der Waals surface area contributed by atoms with Crippen molar-refractivity contribution >= 4 is 16.8 Å². The second-order valence-electron chi connectivity index (χ2n) is 7.74. The van der Waals surface area contributed by atoms with E-state index in [0.29, 0.717) is 13.1 Å². The van der Waals surface area contributed by atoms with Gasteiger partial charge in [0.25, 0.3) is 0 Å². The molecule has 0 radical (unpaired) electrons. The minimum absolute atomic E-state index is 0.170. The molecule has 3 aromatic carbocycles. The van der Waals surface area contributed by atoms with Gasteiger partial charge in [-0.15, -0.1) is 0 Å². The van der Waals surface area contributed by atoms with Crippen LogP contribution in [0.25, 0.3) is 10.8 Å². The molecule has 3 aromatic rings. The SMILES string of the molecule is COc1ccc2cc(CNC(=O)NCc3ccccc3CN3CCOCC3)ccc2c1. The molecule has 0 unspecified atom stereocenters. The summed E-state index contributed by atoms with van der Waals surface area (Å²) in [4.78, 5) is 14.8. The van der Waals surface area contributed by atoms with Crippen LogP contribution in [0.4, 0.5) is 4.79 Å². The lowest BCUT2D eigenvalue weighted by Gasteiger charge is -2.27. The number of nitrogens with zero attached hydrogens (tertiary/aromatic N) is 1. The first-order valence-electron chi connectivity index (χ1n) is 10.7. The van der Waals surface area contributed by atoms with Crippen molar-refractivity contribution in [1.82, 2.24) is 15.5 Å². The average Bonchev–Trinajstić information content (AvgIpc) is 2.82. The highest BCUT2D eigenvalue weighted by Gasteiger charge is 2.13. The van der Waals surface area contributed by atoms with Crippen molar-refractivity contribution in [3.05, 3.63) is 77.4 Å². The van der Waals surface area contributed by atoms with Gasteiger partial charge in [0.05, 0.1) is 20.3 Å². The Balaban J connectivity index is 1.30. The maximum Gasteiger partial charge on any atom is 0.315 e. The molecule has 1 heterocycles. The zero-order chi connectivity index (χ0) is 21.5. The smallest absolute Gasteiger partial charge is 0.315 e. The molecule has 1 aliphatic rings. The Hall–Kier alpha value is -3.09. The standard InChI is InChI=1S/C25H29N3O3/c1-30-24-9-8-20-14-19(6-7-21(20)15-24)16-26-25(29)27-17-22-4-2-3-5-23(22)18-28-10-12-31-13-11-28/h2-9,14-15H,10-13,16-18H2,1H3,(H2,26,27,29). The summed E-state index contributed by atoms with van der Waals surface area (Å²) in [6.45, 7) is 5.32. The lowest BCUT2D eigenvalue weighted by atomic mass is 10.1. The van der Waals surface area contributed by atoms with E-state index in [9.17, 15) is 4.79 Å². The first kappa shape index (κ1) is 21.2. The Kier molecular flexibility index (Phi) is 7.02. The van der Waals surface area contributed by atoms with Crippen LogP contribution in [0.2, 0.25) is 0 Å². The topological polar surface area (TPSA) is 62.8 Å². The number of hydrogen-bond acceptors (Lipinski definition) is 4. The van der Waals surface area contributed by atoms with Crippen LogP contribution >= 0.6 is 0 Å². The minimum atomic E-state index is -0.170. The summed E-state index contributed by atoms with van der Waals surface area (Å²) >= 11 is 0. The molecule has 2 N–H and O–H groups in total. The molecule has 1 aliphatic heterocycles. The van der Waals surface area contributed by atoms with Crippen molar-refractivity contribution in [2.45, 2.75) is 19.6 Å². The van der Waals surface area contributed by atoms with Crippen molar-refractivity contribution in [1.29, 1.82) is 0 Å². The summed E-state index contributed by atoms with van der Waals surface area (Å²) in [5.74, 6) is 0.839. The Morgan fingerprint density at radius 1 is 0.935 bits per heavy atom. The van der Waals surface area contributed by atoms with Crippen molar-refractivity contribution in [3.8, 4) is 5.75 Å². The molecule has 1 fully saturated rings. The number of urea groups is 1. The highest BCUT2D eigenvalue weighted by Crippen LogP contribution is 2.21. The van der Waals surface area contributed by atoms with Gasteiger partial charge < -0.3 is 20.1 Å².